The van der Waals surface area contributed by atoms with Gasteiger partial charge in [0.2, 0.25) is 0 Å². The summed E-state index contributed by atoms with van der Waals surface area (Å²) >= 11 is 0. The van der Waals surface area contributed by atoms with E-state index >= 15 is 0 Å². The fraction of sp³-hybridized carbons (Fsp3) is 0.109. The average molecular weight is 643 g/mol. The molecule has 2 aliphatic carbocycles. The highest BCUT2D eigenvalue weighted by molar-refractivity contribution is 6.22. The number of benzene rings is 6. The lowest BCUT2D eigenvalue weighted by atomic mass is 9.90. The van der Waals surface area contributed by atoms with Gasteiger partial charge in [0.25, 0.3) is 0 Å². The topological polar surface area (TPSA) is 32.6 Å². The summed E-state index contributed by atoms with van der Waals surface area (Å²) in [5, 5.41) is 9.06. The molecule has 3 atom stereocenters. The smallest absolute Gasteiger partial charge is 0.137 e. The number of anilines is 2. The van der Waals surface area contributed by atoms with Gasteiger partial charge in [-0.15, -0.1) is 0 Å². The summed E-state index contributed by atoms with van der Waals surface area (Å²) in [5.41, 5.74) is 12.2. The number of fused-ring (bicyclic) bond motifs is 10. The summed E-state index contributed by atoms with van der Waals surface area (Å²) in [6, 6.07) is 44.6. The molecule has 1 aromatic heterocycles. The molecule has 4 aliphatic rings. The zero-order valence-electron chi connectivity index (χ0n) is 27.5. The molecule has 50 heavy (non-hydrogen) atoms. The minimum Gasteiger partial charge on any atom is -0.370 e. The molecule has 7 aromatic rings. The number of aliphatic imine (C=N–C) groups is 1. The molecule has 238 valence electrons. The van der Waals surface area contributed by atoms with Gasteiger partial charge in [0.15, 0.2) is 0 Å². The third kappa shape index (κ3) is 4.02. The van der Waals surface area contributed by atoms with Crippen LogP contribution >= 0.6 is 0 Å². The largest absolute Gasteiger partial charge is 0.370 e. The van der Waals surface area contributed by atoms with Gasteiger partial charge < -0.3 is 14.8 Å². The molecule has 4 heteroatoms. The van der Waals surface area contributed by atoms with Crippen LogP contribution in [-0.4, -0.2) is 16.4 Å². The van der Waals surface area contributed by atoms with Gasteiger partial charge in [-0.1, -0.05) is 115 Å². The fourth-order valence-corrected chi connectivity index (χ4v) is 8.89. The number of allylic oxidation sites excluding steroid dienone is 3. The van der Waals surface area contributed by atoms with Crippen LogP contribution < -0.4 is 10.2 Å². The lowest BCUT2D eigenvalue weighted by Crippen LogP contribution is -2.44. The summed E-state index contributed by atoms with van der Waals surface area (Å²) < 4.78 is 2.51. The minimum absolute atomic E-state index is 0.101. The van der Waals surface area contributed by atoms with Crippen molar-refractivity contribution in [3.63, 3.8) is 0 Å². The number of rotatable bonds is 2. The van der Waals surface area contributed by atoms with Crippen molar-refractivity contribution in [2.24, 2.45) is 4.99 Å². The zero-order chi connectivity index (χ0) is 32.8. The number of nitrogens with one attached hydrogen (secondary N) is 1. The molecule has 4 nitrogen and oxygen atoms in total. The Bertz CT molecular complexity index is 2660. The molecule has 3 heterocycles. The van der Waals surface area contributed by atoms with E-state index in [9.17, 15) is 0 Å². The summed E-state index contributed by atoms with van der Waals surface area (Å²) in [5.74, 6) is 1.23. The average Bonchev–Trinajstić information content (AvgIpc) is 3.68. The second-order valence-electron chi connectivity index (χ2n) is 13.9. The summed E-state index contributed by atoms with van der Waals surface area (Å²) in [7, 11) is 0. The Morgan fingerprint density at radius 2 is 1.58 bits per heavy atom. The van der Waals surface area contributed by atoms with Crippen LogP contribution in [0.25, 0.3) is 44.3 Å². The third-order valence-corrected chi connectivity index (χ3v) is 11.2. The molecule has 0 saturated heterocycles. The van der Waals surface area contributed by atoms with Crippen LogP contribution in [0.1, 0.15) is 40.6 Å². The summed E-state index contributed by atoms with van der Waals surface area (Å²) in [4.78, 5) is 8.00. The van der Waals surface area contributed by atoms with Crippen LogP contribution in [0.2, 0.25) is 0 Å². The van der Waals surface area contributed by atoms with Crippen molar-refractivity contribution in [1.29, 1.82) is 0 Å². The molecule has 1 N–H and O–H groups in total. The van der Waals surface area contributed by atoms with Crippen LogP contribution in [-0.2, 0) is 6.42 Å². The quantitative estimate of drug-likeness (QED) is 0.204. The van der Waals surface area contributed by atoms with Crippen molar-refractivity contribution in [3.05, 3.63) is 174 Å². The van der Waals surface area contributed by atoms with E-state index in [0.717, 1.165) is 30.1 Å². The van der Waals surface area contributed by atoms with Crippen LogP contribution in [0.15, 0.2) is 157 Å². The Balaban J connectivity index is 1.21. The second-order valence-corrected chi connectivity index (χ2v) is 13.9. The maximum atomic E-state index is 5.48. The number of aromatic nitrogens is 1. The van der Waals surface area contributed by atoms with Crippen molar-refractivity contribution in [1.82, 2.24) is 4.57 Å². The van der Waals surface area contributed by atoms with Crippen LogP contribution in [0.5, 0.6) is 0 Å². The van der Waals surface area contributed by atoms with Gasteiger partial charge in [0.05, 0.1) is 28.5 Å². The molecule has 2 aliphatic heterocycles. The van der Waals surface area contributed by atoms with E-state index in [1.54, 1.807) is 0 Å². The van der Waals surface area contributed by atoms with Crippen LogP contribution in [0.4, 0.5) is 17.1 Å². The van der Waals surface area contributed by atoms with E-state index in [4.69, 9.17) is 4.99 Å². The third-order valence-electron chi connectivity index (χ3n) is 11.2. The van der Waals surface area contributed by atoms with Crippen molar-refractivity contribution in [2.45, 2.75) is 30.8 Å². The first kappa shape index (κ1) is 27.8. The highest BCUT2D eigenvalue weighted by Crippen LogP contribution is 2.50. The molecule has 0 amide bonds. The van der Waals surface area contributed by atoms with E-state index in [0.29, 0.717) is 0 Å². The Morgan fingerprint density at radius 1 is 0.720 bits per heavy atom. The Morgan fingerprint density at radius 3 is 2.54 bits per heavy atom. The highest BCUT2D eigenvalue weighted by atomic mass is 15.3. The first-order chi connectivity index (χ1) is 24.8. The van der Waals surface area contributed by atoms with Crippen molar-refractivity contribution in [2.75, 3.05) is 10.2 Å². The Kier molecular flexibility index (Phi) is 5.94. The van der Waals surface area contributed by atoms with Crippen molar-refractivity contribution in [3.8, 4) is 5.69 Å². The molecule has 11 rings (SSSR count). The van der Waals surface area contributed by atoms with E-state index in [1.165, 1.54) is 66.2 Å². The van der Waals surface area contributed by atoms with E-state index in [2.05, 4.69) is 173 Å². The first-order valence-corrected chi connectivity index (χ1v) is 17.7. The van der Waals surface area contributed by atoms with Gasteiger partial charge in [-0.3, -0.25) is 0 Å². The van der Waals surface area contributed by atoms with Gasteiger partial charge in [0.1, 0.15) is 11.9 Å². The summed E-state index contributed by atoms with van der Waals surface area (Å²) in [6.07, 6.45) is 15.9. The first-order valence-electron chi connectivity index (χ1n) is 17.7. The monoisotopic (exact) mass is 642 g/mol. The number of hydrogen-bond donors (Lipinski definition) is 1. The number of hydrogen-bond acceptors (Lipinski definition) is 3. The highest BCUT2D eigenvalue weighted by Gasteiger charge is 2.43. The normalized spacial score (nSPS) is 20.0. The minimum atomic E-state index is -0.101. The van der Waals surface area contributed by atoms with Gasteiger partial charge >= 0.3 is 0 Å². The SMILES string of the molecule is C1=CC2c3cc4c5c6ccccc6ccc5n(-c5ccc6c(c5)CCC=C6)c4cc3N(C3=Nc4ccccc4NC3c3ccccc3)C2C=C1. The Labute approximate surface area is 291 Å². The van der Waals surface area contributed by atoms with Gasteiger partial charge in [0, 0.05) is 28.1 Å². The fourth-order valence-electron chi connectivity index (χ4n) is 8.89. The van der Waals surface area contributed by atoms with E-state index in [-0.39, 0.29) is 18.0 Å². The lowest BCUT2D eigenvalue weighted by Gasteiger charge is -2.37. The Hall–Kier alpha value is -6.13. The molecule has 0 radical (unpaired) electrons. The molecule has 0 saturated carbocycles. The molecule has 6 aromatic carbocycles. The molecular formula is C46H34N4. The van der Waals surface area contributed by atoms with Crippen LogP contribution in [0.3, 0.4) is 0 Å². The van der Waals surface area contributed by atoms with Gasteiger partial charge in [-0.05, 0) is 88.3 Å². The number of aryl methyl sites for hydroxylation is 1. The summed E-state index contributed by atoms with van der Waals surface area (Å²) in [6.45, 7) is 0. The second kappa shape index (κ2) is 10.7. The zero-order valence-corrected chi connectivity index (χ0v) is 27.5. The van der Waals surface area contributed by atoms with Crippen molar-refractivity contribution >= 4 is 61.6 Å². The number of nitrogens with zero attached hydrogens (tertiary/aromatic N) is 3. The maximum Gasteiger partial charge on any atom is 0.137 e. The van der Waals surface area contributed by atoms with Crippen molar-refractivity contribution < 1.29 is 0 Å². The molecule has 3 unspecified atom stereocenters. The van der Waals surface area contributed by atoms with E-state index < -0.39 is 0 Å². The van der Waals surface area contributed by atoms with Crippen LogP contribution in [0, 0.1) is 0 Å². The van der Waals surface area contributed by atoms with Gasteiger partial charge in [-0.25, -0.2) is 4.99 Å². The molecular weight excluding hydrogens is 609 g/mol. The standard InChI is InChI=1S/C46H34N4/c1-2-14-31(15-3-1)45-46(48-39-20-10-9-19-38(39)47-45)50-40-21-11-8-18-35(40)36-27-37-43(28-42(36)50)49(33-24-22-29-12-4-5-16-32(29)26-33)41-25-23-30-13-6-7-17-34(30)44(37)41/h1-4,6-15,17-28,35,40,45,47H,5,16H2. The lowest BCUT2D eigenvalue weighted by molar-refractivity contribution is 0.743. The maximum absolute atomic E-state index is 5.48. The van der Waals surface area contributed by atoms with E-state index in [1.807, 2.05) is 0 Å². The number of amidine groups is 1. The van der Waals surface area contributed by atoms with Gasteiger partial charge in [-0.2, -0.15) is 0 Å². The molecule has 0 fully saturated rings. The predicted molar refractivity (Wildman–Crippen MR) is 209 cm³/mol. The predicted octanol–water partition coefficient (Wildman–Crippen LogP) is 11.2. The molecule has 0 spiro atoms. The molecule has 0 bridgehead atoms. The number of para-hydroxylation sites is 2.